The third-order valence-corrected chi connectivity index (χ3v) is 8.40. The third kappa shape index (κ3) is 6.56. The Labute approximate surface area is 289 Å². The van der Waals surface area contributed by atoms with E-state index in [0.29, 0.717) is 73.1 Å². The van der Waals surface area contributed by atoms with E-state index in [-0.39, 0.29) is 53.2 Å². The molecule has 0 aliphatic carbocycles. The van der Waals surface area contributed by atoms with Crippen LogP contribution in [0.25, 0.3) is 22.3 Å². The molecule has 1 N–H and O–H groups in total. The average Bonchev–Trinajstić information content (AvgIpc) is 3.46. The Morgan fingerprint density at radius 1 is 0.935 bits per heavy atom. The van der Waals surface area contributed by atoms with Gasteiger partial charge in [-0.25, -0.2) is 4.79 Å². The first-order chi connectivity index (χ1) is 21.7. The Morgan fingerprint density at radius 3 is 2.22 bits per heavy atom. The zero-order chi connectivity index (χ0) is 31.7. The molecule has 46 heavy (non-hydrogen) atoms. The number of piperidine rings is 1. The molecule has 0 bridgehead atoms. The summed E-state index contributed by atoms with van der Waals surface area (Å²) in [6.45, 7) is 5.50. The summed E-state index contributed by atoms with van der Waals surface area (Å²) in [5.41, 5.74) is 3.50. The van der Waals surface area contributed by atoms with Crippen molar-refractivity contribution in [2.45, 2.75) is 38.7 Å². The summed E-state index contributed by atoms with van der Waals surface area (Å²) in [5.74, 6) is 0.451. The fourth-order valence-corrected chi connectivity index (χ4v) is 6.17. The minimum atomic E-state index is -1.01. The monoisotopic (exact) mass is 633 g/mol. The van der Waals surface area contributed by atoms with Gasteiger partial charge in [-0.3, -0.25) is 14.3 Å². The first-order valence-electron chi connectivity index (χ1n) is 15.1. The number of aromatic nitrogens is 2. The number of carbonyl (C=O) groups excluding carboxylic acids is 2. The van der Waals surface area contributed by atoms with E-state index < -0.39 is 11.6 Å². The number of benzene rings is 3. The summed E-state index contributed by atoms with van der Waals surface area (Å²) in [6, 6.07) is 15.5. The molecule has 0 saturated carbocycles. The number of carboxylic acids is 1. The number of amides is 1. The van der Waals surface area contributed by atoms with Crippen molar-refractivity contribution < 1.29 is 33.7 Å². The third-order valence-electron chi connectivity index (χ3n) is 8.40. The van der Waals surface area contributed by atoms with E-state index in [0.717, 1.165) is 16.7 Å². The summed E-state index contributed by atoms with van der Waals surface area (Å²) in [4.78, 5) is 40.4. The van der Waals surface area contributed by atoms with E-state index in [4.69, 9.17) is 14.2 Å². The first kappa shape index (κ1) is 33.2. The number of carboxylic acid groups (broad SMARTS) is 1. The van der Waals surface area contributed by atoms with E-state index in [1.165, 1.54) is 6.07 Å². The van der Waals surface area contributed by atoms with E-state index in [1.807, 2.05) is 39.2 Å². The van der Waals surface area contributed by atoms with Gasteiger partial charge in [0.2, 0.25) is 0 Å². The number of ketones is 1. The van der Waals surface area contributed by atoms with Gasteiger partial charge < -0.3 is 24.2 Å². The van der Waals surface area contributed by atoms with Gasteiger partial charge >= 0.3 is 35.5 Å². The molecule has 234 valence electrons. The van der Waals surface area contributed by atoms with E-state index in [2.05, 4.69) is 5.10 Å². The van der Waals surface area contributed by atoms with Crippen LogP contribution in [0.15, 0.2) is 67.0 Å². The van der Waals surface area contributed by atoms with Gasteiger partial charge in [0.25, 0.3) is 5.91 Å². The molecule has 3 heterocycles. The summed E-state index contributed by atoms with van der Waals surface area (Å²) < 4.78 is 20.2. The SMILES string of the molecule is CCOc1cc(C(=O)N2CCC3(CC2)CC(=O)c2cc(-c4cccc(C(=O)O)c4)ccc2O3)cc(OCC)c1-c1cnn(C)c1.[NaH]. The van der Waals surface area contributed by atoms with E-state index in [1.54, 1.807) is 52.2 Å². The second-order valence-corrected chi connectivity index (χ2v) is 11.4. The van der Waals surface area contributed by atoms with Gasteiger partial charge in [0.05, 0.1) is 42.5 Å². The van der Waals surface area contributed by atoms with Crippen LogP contribution in [0.5, 0.6) is 17.2 Å². The number of likely N-dealkylation sites (tertiary alicyclic amines) is 1. The zero-order valence-corrected chi connectivity index (χ0v) is 25.5. The van der Waals surface area contributed by atoms with E-state index >= 15 is 0 Å². The van der Waals surface area contributed by atoms with Crippen molar-refractivity contribution in [2.75, 3.05) is 26.3 Å². The molecule has 0 atom stereocenters. The van der Waals surface area contributed by atoms with Gasteiger partial charge in [0.15, 0.2) is 5.78 Å². The van der Waals surface area contributed by atoms with Crippen LogP contribution in [-0.2, 0) is 7.05 Å². The Balaban J connectivity index is 0.00000417. The molecule has 1 fully saturated rings. The number of nitrogens with zero attached hydrogens (tertiary/aromatic N) is 3. The molecule has 6 rings (SSSR count). The van der Waals surface area contributed by atoms with Crippen molar-refractivity contribution in [3.05, 3.63) is 83.7 Å². The van der Waals surface area contributed by atoms with Crippen molar-refractivity contribution in [2.24, 2.45) is 7.05 Å². The Kier molecular flexibility index (Phi) is 9.91. The summed E-state index contributed by atoms with van der Waals surface area (Å²) in [5, 5.41) is 13.6. The summed E-state index contributed by atoms with van der Waals surface area (Å²) in [7, 11) is 1.84. The Bertz CT molecular complexity index is 1770. The number of aromatic carboxylic acids is 1. The zero-order valence-electron chi connectivity index (χ0n) is 25.5. The first-order valence-corrected chi connectivity index (χ1v) is 15.1. The molecule has 0 radical (unpaired) electrons. The van der Waals surface area contributed by atoms with Gasteiger partial charge in [-0.1, -0.05) is 18.2 Å². The minimum absolute atomic E-state index is 0. The molecule has 0 unspecified atom stereocenters. The van der Waals surface area contributed by atoms with Crippen molar-refractivity contribution in [3.8, 4) is 39.5 Å². The molecule has 2 aliphatic rings. The maximum absolute atomic E-state index is 13.8. The van der Waals surface area contributed by atoms with Crippen molar-refractivity contribution >= 4 is 47.2 Å². The van der Waals surface area contributed by atoms with Crippen molar-refractivity contribution in [1.29, 1.82) is 0 Å². The van der Waals surface area contributed by atoms with E-state index in [9.17, 15) is 19.5 Å². The van der Waals surface area contributed by atoms with Crippen LogP contribution >= 0.6 is 0 Å². The number of hydrogen-bond donors (Lipinski definition) is 1. The maximum atomic E-state index is 13.8. The molecular formula is C35H36N3NaO7. The van der Waals surface area contributed by atoms with Crippen LogP contribution in [0, 0.1) is 0 Å². The fraction of sp³-hybridized carbons (Fsp3) is 0.314. The standard InChI is InChI=1S/C35H35N3O7.Na.H/c1-4-43-30-17-25(18-31(44-5-2)32(30)26-20-36-37(3)21-26)33(40)38-13-11-35(12-14-38)19-28(39)27-16-23(9-10-29(27)45-35)22-7-6-8-24(15-22)34(41)42;;/h6-10,15-18,20-21H,4-5,11-14,19H2,1-3H3,(H,41,42);;. The van der Waals surface area contributed by atoms with Crippen LogP contribution in [0.1, 0.15) is 64.2 Å². The van der Waals surface area contributed by atoms with Gasteiger partial charge in [-0.2, -0.15) is 5.10 Å². The number of aryl methyl sites for hydroxylation is 1. The number of carbonyl (C=O) groups is 3. The molecule has 1 saturated heterocycles. The number of hydrogen-bond acceptors (Lipinski definition) is 7. The van der Waals surface area contributed by atoms with Crippen LogP contribution < -0.4 is 14.2 Å². The van der Waals surface area contributed by atoms with Crippen LogP contribution in [-0.4, -0.2) is 98.9 Å². The molecule has 2 aliphatic heterocycles. The second kappa shape index (κ2) is 13.7. The molecule has 11 heteroatoms. The number of Topliss-reactive ketones (excluding diaryl/α,β-unsaturated/α-hetero) is 1. The van der Waals surface area contributed by atoms with Crippen molar-refractivity contribution in [3.63, 3.8) is 0 Å². The summed E-state index contributed by atoms with van der Waals surface area (Å²) in [6.07, 6.45) is 4.86. The van der Waals surface area contributed by atoms with Crippen LogP contribution in [0.4, 0.5) is 0 Å². The van der Waals surface area contributed by atoms with Gasteiger partial charge in [0.1, 0.15) is 22.8 Å². The number of ether oxygens (including phenoxy) is 3. The number of fused-ring (bicyclic) bond motifs is 1. The molecule has 1 aromatic heterocycles. The molecule has 1 amide bonds. The Hall–Kier alpha value is -4.12. The van der Waals surface area contributed by atoms with Crippen molar-refractivity contribution in [1.82, 2.24) is 14.7 Å². The number of rotatable bonds is 8. The average molecular weight is 634 g/mol. The molecular weight excluding hydrogens is 597 g/mol. The van der Waals surface area contributed by atoms with Gasteiger partial charge in [-0.05, 0) is 61.4 Å². The predicted octanol–water partition coefficient (Wildman–Crippen LogP) is 5.24. The second-order valence-electron chi connectivity index (χ2n) is 11.4. The van der Waals surface area contributed by atoms with Gasteiger partial charge in [-0.15, -0.1) is 0 Å². The van der Waals surface area contributed by atoms with Crippen LogP contribution in [0.2, 0.25) is 0 Å². The topological polar surface area (TPSA) is 120 Å². The Morgan fingerprint density at radius 2 is 1.61 bits per heavy atom. The summed E-state index contributed by atoms with van der Waals surface area (Å²) >= 11 is 0. The van der Waals surface area contributed by atoms with Gasteiger partial charge in [0, 0.05) is 50.3 Å². The quantitative estimate of drug-likeness (QED) is 0.262. The normalized spacial score (nSPS) is 15.0. The molecule has 10 nitrogen and oxygen atoms in total. The fourth-order valence-electron chi connectivity index (χ4n) is 6.17. The predicted molar refractivity (Wildman–Crippen MR) is 174 cm³/mol. The van der Waals surface area contributed by atoms with Crippen LogP contribution in [0.3, 0.4) is 0 Å². The molecule has 4 aromatic rings. The molecule has 3 aromatic carbocycles. The molecule has 1 spiro atoms.